The molecule has 0 spiro atoms. The van der Waals surface area contributed by atoms with Crippen LogP contribution in [-0.2, 0) is 12.4 Å². The highest BCUT2D eigenvalue weighted by Gasteiger charge is 2.37. The zero-order chi connectivity index (χ0) is 27.8. The minimum absolute atomic E-state index is 0.00656. The third-order valence-electron chi connectivity index (χ3n) is 4.53. The molecule has 2 heterocycles. The molecule has 3 rings (SSSR count). The van der Waals surface area contributed by atoms with Crippen LogP contribution in [0.2, 0.25) is 0 Å². The molecule has 1 amide bonds. The molecule has 0 aliphatic carbocycles. The van der Waals surface area contributed by atoms with Crippen LogP contribution in [0.15, 0.2) is 41.3 Å². The minimum Gasteiger partial charge on any atom is -0.483 e. The van der Waals surface area contributed by atoms with E-state index in [-0.39, 0.29) is 40.3 Å². The van der Waals surface area contributed by atoms with Gasteiger partial charge in [0, 0.05) is 5.56 Å². The fourth-order valence-electron chi connectivity index (χ4n) is 2.93. The zero-order valence-corrected chi connectivity index (χ0v) is 19.7. The molecule has 1 atom stereocenters. The fourth-order valence-corrected chi connectivity index (χ4v) is 3.27. The smallest absolute Gasteiger partial charge is 0.422 e. The van der Waals surface area contributed by atoms with E-state index in [1.165, 1.54) is 13.0 Å². The summed E-state index contributed by atoms with van der Waals surface area (Å²) in [7, 11) is 0. The van der Waals surface area contributed by atoms with Crippen LogP contribution in [0.25, 0.3) is 5.82 Å². The lowest BCUT2D eigenvalue weighted by atomic mass is 10.0. The minimum atomic E-state index is -5.14. The highest BCUT2D eigenvalue weighted by Crippen LogP contribution is 2.36. The Labute approximate surface area is 209 Å². The Balaban J connectivity index is 1.86. The molecule has 1 unspecified atom stereocenters. The van der Waals surface area contributed by atoms with Crippen molar-refractivity contribution in [2.75, 3.05) is 6.61 Å². The van der Waals surface area contributed by atoms with E-state index in [1.807, 2.05) is 0 Å². The number of ether oxygens (including phenoxy) is 1. The maximum atomic E-state index is 13.1. The van der Waals surface area contributed by atoms with Crippen molar-refractivity contribution in [2.24, 2.45) is 0 Å². The molecule has 0 saturated heterocycles. The van der Waals surface area contributed by atoms with Crippen molar-refractivity contribution < 1.29 is 49.0 Å². The normalized spacial score (nSPS) is 13.4. The van der Waals surface area contributed by atoms with Crippen LogP contribution in [0.3, 0.4) is 0 Å². The van der Waals surface area contributed by atoms with Gasteiger partial charge >= 0.3 is 18.5 Å². The zero-order valence-electron chi connectivity index (χ0n) is 18.1. The molecular weight excluding hydrogens is 593 g/mol. The van der Waals surface area contributed by atoms with Gasteiger partial charge in [-0.1, -0.05) is 0 Å². The average Bonchev–Trinajstić information content (AvgIpc) is 3.18. The summed E-state index contributed by atoms with van der Waals surface area (Å²) in [5, 5.41) is 6.23. The maximum absolute atomic E-state index is 13.1. The number of aromatic nitrogens is 4. The lowest BCUT2D eigenvalue weighted by Crippen LogP contribution is -2.29. The lowest BCUT2D eigenvalue weighted by Gasteiger charge is -2.17. The van der Waals surface area contributed by atoms with E-state index in [1.54, 1.807) is 0 Å². The monoisotopic (exact) mass is 605 g/mol. The summed E-state index contributed by atoms with van der Waals surface area (Å²) in [6.45, 7) is -0.229. The standard InChI is InChI=1S/C20H13BrF9N5O2/c1-9(32-16(36)10-4-11(19(25,26)27)6-12(5-10)20(28,29)30)15-33-17(21)34-35(15)14-3-2-13(7-31-14)37-8-18(22,23)24/h2-7,9H,8H2,1H3,(H,32,36). The van der Waals surface area contributed by atoms with E-state index >= 15 is 0 Å². The molecular formula is C20H13BrF9N5O2. The van der Waals surface area contributed by atoms with Gasteiger partial charge in [-0.15, -0.1) is 5.10 Å². The SMILES string of the molecule is CC(NC(=O)c1cc(C(F)(F)F)cc(C(F)(F)F)c1)c1nc(Br)nn1-c1ccc(OCC(F)(F)F)cn1. The third kappa shape index (κ3) is 7.33. The predicted molar refractivity (Wildman–Crippen MR) is 111 cm³/mol. The van der Waals surface area contributed by atoms with Crippen LogP contribution >= 0.6 is 15.9 Å². The van der Waals surface area contributed by atoms with Crippen LogP contribution in [0.4, 0.5) is 39.5 Å². The van der Waals surface area contributed by atoms with Gasteiger partial charge in [-0.3, -0.25) is 4.79 Å². The van der Waals surface area contributed by atoms with Crippen molar-refractivity contribution >= 4 is 21.8 Å². The number of carbonyl (C=O) groups is 1. The first-order valence-electron chi connectivity index (χ1n) is 9.83. The lowest BCUT2D eigenvalue weighted by molar-refractivity contribution is -0.153. The molecule has 0 saturated carbocycles. The number of nitrogens with zero attached hydrogens (tertiary/aromatic N) is 4. The molecule has 200 valence electrons. The highest BCUT2D eigenvalue weighted by atomic mass is 79.9. The first-order valence-corrected chi connectivity index (χ1v) is 10.6. The molecule has 37 heavy (non-hydrogen) atoms. The number of alkyl halides is 9. The van der Waals surface area contributed by atoms with Crippen molar-refractivity contribution in [3.63, 3.8) is 0 Å². The van der Waals surface area contributed by atoms with E-state index < -0.39 is 53.8 Å². The Morgan fingerprint density at radius 2 is 1.62 bits per heavy atom. The second-order valence-corrected chi connectivity index (χ2v) is 8.11. The molecule has 0 fully saturated rings. The molecule has 0 radical (unpaired) electrons. The summed E-state index contributed by atoms with van der Waals surface area (Å²) in [5.41, 5.74) is -4.23. The third-order valence-corrected chi connectivity index (χ3v) is 4.87. The van der Waals surface area contributed by atoms with Crippen LogP contribution in [0.5, 0.6) is 5.75 Å². The van der Waals surface area contributed by atoms with Gasteiger partial charge in [0.25, 0.3) is 5.91 Å². The number of pyridine rings is 1. The topological polar surface area (TPSA) is 81.9 Å². The second kappa shape index (κ2) is 10.2. The molecule has 3 aromatic rings. The van der Waals surface area contributed by atoms with Crippen molar-refractivity contribution in [3.05, 3.63) is 63.8 Å². The van der Waals surface area contributed by atoms with Crippen LogP contribution in [0.1, 0.15) is 40.3 Å². The van der Waals surface area contributed by atoms with Crippen molar-refractivity contribution in [3.8, 4) is 11.6 Å². The second-order valence-electron chi connectivity index (χ2n) is 7.40. The summed E-state index contributed by atoms with van der Waals surface area (Å²) in [5.74, 6) is -1.53. The maximum Gasteiger partial charge on any atom is 0.422 e. The number of rotatable bonds is 6. The van der Waals surface area contributed by atoms with Gasteiger partial charge in [0.05, 0.1) is 23.4 Å². The fraction of sp³-hybridized carbons (Fsp3) is 0.300. The molecule has 0 aliphatic heterocycles. The molecule has 0 bridgehead atoms. The first kappa shape index (κ1) is 28.2. The Morgan fingerprint density at radius 3 is 2.11 bits per heavy atom. The molecule has 17 heteroatoms. The van der Waals surface area contributed by atoms with Gasteiger partial charge in [0.15, 0.2) is 18.2 Å². The quantitative estimate of drug-likeness (QED) is 0.354. The Bertz CT molecular complexity index is 1240. The average molecular weight is 606 g/mol. The van der Waals surface area contributed by atoms with E-state index in [2.05, 4.69) is 41.1 Å². The molecule has 7 nitrogen and oxygen atoms in total. The summed E-state index contributed by atoms with van der Waals surface area (Å²) in [4.78, 5) is 20.5. The van der Waals surface area contributed by atoms with Gasteiger partial charge in [0.1, 0.15) is 5.75 Å². The number of hydrogen-bond donors (Lipinski definition) is 1. The van der Waals surface area contributed by atoms with Gasteiger partial charge < -0.3 is 10.1 Å². The van der Waals surface area contributed by atoms with E-state index in [0.717, 1.165) is 16.9 Å². The van der Waals surface area contributed by atoms with E-state index in [9.17, 15) is 44.3 Å². The molecule has 1 aromatic carbocycles. The van der Waals surface area contributed by atoms with E-state index in [4.69, 9.17) is 0 Å². The van der Waals surface area contributed by atoms with Crippen LogP contribution < -0.4 is 10.1 Å². The first-order chi connectivity index (χ1) is 16.9. The Kier molecular flexibility index (Phi) is 7.76. The van der Waals surface area contributed by atoms with Crippen LogP contribution in [0, 0.1) is 0 Å². The van der Waals surface area contributed by atoms with Crippen LogP contribution in [-0.4, -0.2) is 38.4 Å². The summed E-state index contributed by atoms with van der Waals surface area (Å²) >= 11 is 3.00. The predicted octanol–water partition coefficient (Wildman–Crippen LogP) is 5.89. The molecule has 2 aromatic heterocycles. The van der Waals surface area contributed by atoms with Gasteiger partial charge in [-0.05, 0) is 53.2 Å². The number of amides is 1. The number of benzene rings is 1. The van der Waals surface area contributed by atoms with Crippen molar-refractivity contribution in [1.82, 2.24) is 25.1 Å². The van der Waals surface area contributed by atoms with Crippen molar-refractivity contribution in [2.45, 2.75) is 31.5 Å². The Morgan fingerprint density at radius 1 is 1.03 bits per heavy atom. The number of nitrogens with one attached hydrogen (secondary N) is 1. The van der Waals surface area contributed by atoms with Gasteiger partial charge in [-0.25, -0.2) is 9.97 Å². The number of carbonyl (C=O) groups excluding carboxylic acids is 1. The summed E-state index contributed by atoms with van der Waals surface area (Å²) in [6, 6.07) is 1.68. The van der Waals surface area contributed by atoms with Gasteiger partial charge in [-0.2, -0.15) is 44.2 Å². The van der Waals surface area contributed by atoms with Gasteiger partial charge in [0.2, 0.25) is 4.73 Å². The van der Waals surface area contributed by atoms with E-state index in [0.29, 0.717) is 0 Å². The Hall–Kier alpha value is -3.37. The number of halogens is 10. The van der Waals surface area contributed by atoms with Crippen molar-refractivity contribution in [1.29, 1.82) is 0 Å². The summed E-state index contributed by atoms with van der Waals surface area (Å²) in [6.07, 6.45) is -13.9. The largest absolute Gasteiger partial charge is 0.483 e. The highest BCUT2D eigenvalue weighted by molar-refractivity contribution is 9.10. The molecule has 0 aliphatic rings. The number of hydrogen-bond acceptors (Lipinski definition) is 5. The molecule has 1 N–H and O–H groups in total. The summed E-state index contributed by atoms with van der Waals surface area (Å²) < 4.78 is 121.